The molecule has 0 bridgehead atoms. The molecular formula is C18H26N2O4S. The highest BCUT2D eigenvalue weighted by Gasteiger charge is 2.37. The summed E-state index contributed by atoms with van der Waals surface area (Å²) in [5.41, 5.74) is 0.923. The zero-order valence-electron chi connectivity index (χ0n) is 14.8. The SMILES string of the molecule is CC(C)CC1C(=O)NCCCN1S(=O)(=O)c1ccc2c(c1)CCCO2. The molecule has 1 aromatic rings. The summed E-state index contributed by atoms with van der Waals surface area (Å²) in [6.07, 6.45) is 2.83. The Labute approximate surface area is 149 Å². The Bertz CT molecular complexity index is 745. The third-order valence-corrected chi connectivity index (χ3v) is 6.59. The number of hydrogen-bond acceptors (Lipinski definition) is 4. The van der Waals surface area contributed by atoms with Gasteiger partial charge in [0.2, 0.25) is 15.9 Å². The van der Waals surface area contributed by atoms with Crippen LogP contribution in [0.5, 0.6) is 5.75 Å². The van der Waals surface area contributed by atoms with Crippen LogP contribution in [-0.2, 0) is 21.2 Å². The largest absolute Gasteiger partial charge is 0.493 e. The van der Waals surface area contributed by atoms with Crippen LogP contribution in [-0.4, -0.2) is 44.4 Å². The highest BCUT2D eigenvalue weighted by atomic mass is 32.2. The van der Waals surface area contributed by atoms with Crippen LogP contribution in [0.1, 0.15) is 38.7 Å². The molecule has 3 rings (SSSR count). The molecular weight excluding hydrogens is 340 g/mol. The Morgan fingerprint density at radius 1 is 1.32 bits per heavy atom. The van der Waals surface area contributed by atoms with Gasteiger partial charge in [0, 0.05) is 13.1 Å². The first kappa shape index (κ1) is 18.2. The molecule has 1 fully saturated rings. The molecule has 1 N–H and O–H groups in total. The number of amides is 1. The maximum Gasteiger partial charge on any atom is 0.243 e. The number of nitrogens with one attached hydrogen (secondary N) is 1. The van der Waals surface area contributed by atoms with Gasteiger partial charge in [0.15, 0.2) is 0 Å². The van der Waals surface area contributed by atoms with Gasteiger partial charge in [0.25, 0.3) is 0 Å². The Hall–Kier alpha value is -1.60. The molecule has 25 heavy (non-hydrogen) atoms. The van der Waals surface area contributed by atoms with E-state index in [0.717, 1.165) is 24.2 Å². The summed E-state index contributed by atoms with van der Waals surface area (Å²) in [7, 11) is -3.73. The molecule has 0 aromatic heterocycles. The fourth-order valence-electron chi connectivity index (χ4n) is 3.44. The molecule has 1 aromatic carbocycles. The predicted octanol–water partition coefficient (Wildman–Crippen LogP) is 1.94. The van der Waals surface area contributed by atoms with Crippen LogP contribution in [0.3, 0.4) is 0 Å². The first-order chi connectivity index (χ1) is 11.9. The molecule has 0 spiro atoms. The van der Waals surface area contributed by atoms with E-state index in [1.165, 1.54) is 4.31 Å². The number of carbonyl (C=O) groups is 1. The molecule has 0 saturated carbocycles. The molecule has 2 aliphatic heterocycles. The van der Waals surface area contributed by atoms with E-state index in [1.54, 1.807) is 18.2 Å². The summed E-state index contributed by atoms with van der Waals surface area (Å²) in [4.78, 5) is 12.7. The van der Waals surface area contributed by atoms with E-state index in [0.29, 0.717) is 32.5 Å². The topological polar surface area (TPSA) is 75.7 Å². The van der Waals surface area contributed by atoms with E-state index < -0.39 is 16.1 Å². The van der Waals surface area contributed by atoms with Gasteiger partial charge >= 0.3 is 0 Å². The number of nitrogens with zero attached hydrogens (tertiary/aromatic N) is 1. The number of hydrogen-bond donors (Lipinski definition) is 1. The summed E-state index contributed by atoms with van der Waals surface area (Å²) < 4.78 is 33.5. The van der Waals surface area contributed by atoms with Gasteiger partial charge < -0.3 is 10.1 Å². The van der Waals surface area contributed by atoms with Gasteiger partial charge in [-0.15, -0.1) is 0 Å². The van der Waals surface area contributed by atoms with Gasteiger partial charge in [-0.3, -0.25) is 4.79 Å². The second-order valence-electron chi connectivity index (χ2n) is 7.13. The number of carbonyl (C=O) groups excluding carboxylic acids is 1. The Kier molecular flexibility index (Phi) is 5.34. The van der Waals surface area contributed by atoms with Crippen molar-refractivity contribution in [3.8, 4) is 5.75 Å². The molecule has 6 nitrogen and oxygen atoms in total. The summed E-state index contributed by atoms with van der Waals surface area (Å²) in [5.74, 6) is 0.789. The van der Waals surface area contributed by atoms with E-state index in [2.05, 4.69) is 5.32 Å². The van der Waals surface area contributed by atoms with Crippen LogP contribution in [0, 0.1) is 5.92 Å². The summed E-state index contributed by atoms with van der Waals surface area (Å²) in [6.45, 7) is 5.53. The van der Waals surface area contributed by atoms with E-state index in [-0.39, 0.29) is 16.7 Å². The number of rotatable bonds is 4. The van der Waals surface area contributed by atoms with Gasteiger partial charge in [-0.05, 0) is 55.4 Å². The number of benzene rings is 1. The molecule has 1 saturated heterocycles. The van der Waals surface area contributed by atoms with Crippen LogP contribution in [0.4, 0.5) is 0 Å². The smallest absolute Gasteiger partial charge is 0.243 e. The fraction of sp³-hybridized carbons (Fsp3) is 0.611. The zero-order chi connectivity index (χ0) is 18.0. The number of aryl methyl sites for hydroxylation is 1. The third kappa shape index (κ3) is 3.82. The molecule has 1 amide bonds. The van der Waals surface area contributed by atoms with Gasteiger partial charge in [0.05, 0.1) is 11.5 Å². The lowest BCUT2D eigenvalue weighted by atomic mass is 10.0. The molecule has 0 aliphatic carbocycles. The summed E-state index contributed by atoms with van der Waals surface area (Å²) >= 11 is 0. The van der Waals surface area contributed by atoms with Crippen molar-refractivity contribution >= 4 is 15.9 Å². The maximum absolute atomic E-state index is 13.3. The maximum atomic E-state index is 13.3. The second-order valence-corrected chi connectivity index (χ2v) is 9.02. The lowest BCUT2D eigenvalue weighted by Gasteiger charge is -2.29. The zero-order valence-corrected chi connectivity index (χ0v) is 15.6. The Morgan fingerprint density at radius 2 is 2.12 bits per heavy atom. The molecule has 2 heterocycles. The minimum Gasteiger partial charge on any atom is -0.493 e. The normalized spacial score (nSPS) is 22.0. The van der Waals surface area contributed by atoms with E-state index in [9.17, 15) is 13.2 Å². The van der Waals surface area contributed by atoms with Crippen LogP contribution in [0.25, 0.3) is 0 Å². The monoisotopic (exact) mass is 366 g/mol. The molecule has 2 aliphatic rings. The van der Waals surface area contributed by atoms with Crippen molar-refractivity contribution in [1.29, 1.82) is 0 Å². The van der Waals surface area contributed by atoms with Crippen molar-refractivity contribution in [2.24, 2.45) is 5.92 Å². The predicted molar refractivity (Wildman–Crippen MR) is 95.0 cm³/mol. The second kappa shape index (κ2) is 7.33. The van der Waals surface area contributed by atoms with Gasteiger partial charge in [-0.2, -0.15) is 4.31 Å². The molecule has 1 unspecified atom stereocenters. The lowest BCUT2D eigenvalue weighted by molar-refractivity contribution is -0.124. The number of ether oxygens (including phenoxy) is 1. The highest BCUT2D eigenvalue weighted by Crippen LogP contribution is 2.30. The van der Waals surface area contributed by atoms with Crippen molar-refractivity contribution < 1.29 is 17.9 Å². The van der Waals surface area contributed by atoms with Crippen molar-refractivity contribution in [2.45, 2.75) is 50.5 Å². The minimum atomic E-state index is -3.73. The highest BCUT2D eigenvalue weighted by molar-refractivity contribution is 7.89. The van der Waals surface area contributed by atoms with Gasteiger partial charge in [0.1, 0.15) is 11.8 Å². The summed E-state index contributed by atoms with van der Waals surface area (Å²) in [5, 5.41) is 2.84. The van der Waals surface area contributed by atoms with Crippen LogP contribution in [0.2, 0.25) is 0 Å². The van der Waals surface area contributed by atoms with E-state index in [1.807, 2.05) is 13.8 Å². The number of sulfonamides is 1. The van der Waals surface area contributed by atoms with Gasteiger partial charge in [-0.1, -0.05) is 13.8 Å². The summed E-state index contributed by atoms with van der Waals surface area (Å²) in [6, 6.07) is 4.38. The lowest BCUT2D eigenvalue weighted by Crippen LogP contribution is -2.47. The molecule has 138 valence electrons. The first-order valence-electron chi connectivity index (χ1n) is 8.95. The standard InChI is InChI=1S/C18H26N2O4S/c1-13(2)11-16-18(21)19-8-4-9-20(16)25(22,23)15-6-7-17-14(12-15)5-3-10-24-17/h6-7,12-13,16H,3-5,8-11H2,1-2H3,(H,19,21). The van der Waals surface area contributed by atoms with E-state index >= 15 is 0 Å². The Morgan fingerprint density at radius 3 is 2.88 bits per heavy atom. The molecule has 7 heteroatoms. The molecule has 1 atom stereocenters. The van der Waals surface area contributed by atoms with Crippen LogP contribution >= 0.6 is 0 Å². The fourth-order valence-corrected chi connectivity index (χ4v) is 5.13. The Balaban J connectivity index is 1.97. The first-order valence-corrected chi connectivity index (χ1v) is 10.4. The third-order valence-electron chi connectivity index (χ3n) is 4.69. The van der Waals surface area contributed by atoms with E-state index in [4.69, 9.17) is 4.74 Å². The number of fused-ring (bicyclic) bond motifs is 1. The average Bonchev–Trinajstić information content (AvgIpc) is 2.76. The van der Waals surface area contributed by atoms with Crippen LogP contribution in [0.15, 0.2) is 23.1 Å². The van der Waals surface area contributed by atoms with Crippen molar-refractivity contribution in [3.05, 3.63) is 23.8 Å². The van der Waals surface area contributed by atoms with Crippen molar-refractivity contribution in [2.75, 3.05) is 19.7 Å². The quantitative estimate of drug-likeness (QED) is 0.884. The average molecular weight is 366 g/mol. The van der Waals surface area contributed by atoms with Crippen LogP contribution < -0.4 is 10.1 Å². The van der Waals surface area contributed by atoms with Crippen molar-refractivity contribution in [1.82, 2.24) is 9.62 Å². The van der Waals surface area contributed by atoms with Crippen molar-refractivity contribution in [3.63, 3.8) is 0 Å². The van der Waals surface area contributed by atoms with Gasteiger partial charge in [-0.25, -0.2) is 8.42 Å². The molecule has 0 radical (unpaired) electrons. The minimum absolute atomic E-state index is 0.198.